The summed E-state index contributed by atoms with van der Waals surface area (Å²) < 4.78 is 10.1. The second kappa shape index (κ2) is 7.64. The van der Waals surface area contributed by atoms with E-state index in [1.54, 1.807) is 12.1 Å². The molecule has 0 spiro atoms. The van der Waals surface area contributed by atoms with Crippen molar-refractivity contribution in [3.05, 3.63) is 78.7 Å². The highest BCUT2D eigenvalue weighted by Crippen LogP contribution is 2.28. The number of hydrazine groups is 1. The fourth-order valence-corrected chi connectivity index (χ4v) is 2.46. The highest BCUT2D eigenvalue weighted by atomic mass is 16.6. The number of hydrogen-bond donors (Lipinski definition) is 2. The van der Waals surface area contributed by atoms with E-state index in [-0.39, 0.29) is 16.8 Å². The van der Waals surface area contributed by atoms with Crippen LogP contribution in [-0.2, 0) is 0 Å². The van der Waals surface area contributed by atoms with E-state index in [4.69, 9.17) is 9.15 Å². The lowest BCUT2D eigenvalue weighted by Gasteiger charge is -2.09. The zero-order chi connectivity index (χ0) is 21.1. The molecule has 0 unspecified atom stereocenters. The number of methoxy groups -OCH3 is 1. The maximum absolute atomic E-state index is 12.3. The summed E-state index contributed by atoms with van der Waals surface area (Å²) in [6.45, 7) is 0. The van der Waals surface area contributed by atoms with Crippen LogP contribution in [0.25, 0.3) is 11.0 Å². The third-order valence-electron chi connectivity index (χ3n) is 3.89. The van der Waals surface area contributed by atoms with Gasteiger partial charge in [0, 0.05) is 17.5 Å². The molecule has 0 aliphatic heterocycles. The smallest absolute Gasteiger partial charge is 0.349 e. The first kappa shape index (κ1) is 19.3. The van der Waals surface area contributed by atoms with Crippen molar-refractivity contribution < 1.29 is 23.8 Å². The highest BCUT2D eigenvalue weighted by Gasteiger charge is 2.21. The first-order valence-corrected chi connectivity index (χ1v) is 7.91. The first-order valence-electron chi connectivity index (χ1n) is 7.91. The van der Waals surface area contributed by atoms with Crippen LogP contribution in [-0.4, -0.2) is 22.9 Å². The average Bonchev–Trinajstić information content (AvgIpc) is 2.70. The van der Waals surface area contributed by atoms with E-state index in [9.17, 15) is 29.8 Å². The van der Waals surface area contributed by atoms with E-state index < -0.39 is 32.8 Å². The number of fused-ring (bicyclic) bond motifs is 1. The second-order valence-electron chi connectivity index (χ2n) is 5.65. The van der Waals surface area contributed by atoms with Crippen LogP contribution in [0.2, 0.25) is 0 Å². The minimum Gasteiger partial charge on any atom is -0.497 e. The largest absolute Gasteiger partial charge is 0.497 e. The molecule has 2 aromatic carbocycles. The van der Waals surface area contributed by atoms with Crippen LogP contribution >= 0.6 is 0 Å². The third kappa shape index (κ3) is 3.95. The second-order valence-corrected chi connectivity index (χ2v) is 5.65. The molecule has 0 bridgehead atoms. The molecule has 2 N–H and O–H groups in total. The van der Waals surface area contributed by atoms with Crippen molar-refractivity contribution in [1.82, 2.24) is 5.43 Å². The number of carbonyl (C=O) groups excluding carboxylic acids is 1. The standard InChI is InChI=1S/C17H12N4O8/c1-28-11-4-2-9-6-12(17(23)29-15(9)8-11)16(22)19-18-13-5-3-10(20(24)25)7-14(13)21(26)27/h2-8,18H,1H3,(H,19,22). The molecule has 1 amide bonds. The Bertz CT molecular complexity index is 1200. The van der Waals surface area contributed by atoms with E-state index in [0.29, 0.717) is 11.1 Å². The van der Waals surface area contributed by atoms with Gasteiger partial charge in [-0.05, 0) is 24.3 Å². The van der Waals surface area contributed by atoms with Gasteiger partial charge in [-0.1, -0.05) is 0 Å². The topological polar surface area (TPSA) is 167 Å². The average molecular weight is 400 g/mol. The van der Waals surface area contributed by atoms with Crippen LogP contribution in [0.5, 0.6) is 5.75 Å². The molecule has 1 heterocycles. The number of carbonyl (C=O) groups is 1. The molecule has 0 aliphatic rings. The molecular weight excluding hydrogens is 388 g/mol. The maximum atomic E-state index is 12.3. The van der Waals surface area contributed by atoms with Gasteiger partial charge < -0.3 is 9.15 Å². The van der Waals surface area contributed by atoms with E-state index >= 15 is 0 Å². The fraction of sp³-hybridized carbons (Fsp3) is 0.0588. The van der Waals surface area contributed by atoms with Gasteiger partial charge in [0.2, 0.25) is 0 Å². The molecule has 0 saturated heterocycles. The van der Waals surface area contributed by atoms with Gasteiger partial charge in [-0.25, -0.2) is 4.79 Å². The number of nitrogens with one attached hydrogen (secondary N) is 2. The Kier molecular flexibility index (Phi) is 5.08. The molecule has 0 aliphatic carbocycles. The van der Waals surface area contributed by atoms with E-state index in [2.05, 4.69) is 10.9 Å². The Morgan fingerprint density at radius 3 is 2.48 bits per heavy atom. The Morgan fingerprint density at radius 1 is 1.07 bits per heavy atom. The van der Waals surface area contributed by atoms with Gasteiger partial charge in [-0.15, -0.1) is 0 Å². The summed E-state index contributed by atoms with van der Waals surface area (Å²) in [6.07, 6.45) is 0. The highest BCUT2D eigenvalue weighted by molar-refractivity contribution is 5.97. The summed E-state index contributed by atoms with van der Waals surface area (Å²) in [5.41, 5.74) is 2.05. The van der Waals surface area contributed by atoms with Crippen molar-refractivity contribution in [3.63, 3.8) is 0 Å². The number of hydrogen-bond acceptors (Lipinski definition) is 9. The van der Waals surface area contributed by atoms with Crippen molar-refractivity contribution in [2.24, 2.45) is 0 Å². The number of non-ortho nitro benzene ring substituents is 1. The Hall–Kier alpha value is -4.48. The monoisotopic (exact) mass is 400 g/mol. The Morgan fingerprint density at radius 2 is 1.83 bits per heavy atom. The number of nitro benzene ring substituents is 2. The summed E-state index contributed by atoms with van der Waals surface area (Å²) in [5, 5.41) is 22.3. The Balaban J connectivity index is 1.86. The molecule has 0 saturated carbocycles. The maximum Gasteiger partial charge on any atom is 0.349 e. The summed E-state index contributed by atoms with van der Waals surface area (Å²) in [5.74, 6) is -0.450. The fourth-order valence-electron chi connectivity index (χ4n) is 2.46. The van der Waals surface area contributed by atoms with Crippen molar-refractivity contribution in [1.29, 1.82) is 0 Å². The molecule has 1 aromatic heterocycles. The van der Waals surface area contributed by atoms with Crippen LogP contribution in [0.4, 0.5) is 17.1 Å². The van der Waals surface area contributed by atoms with Crippen molar-refractivity contribution in [3.8, 4) is 5.75 Å². The minimum atomic E-state index is -0.928. The Labute approximate surface area is 161 Å². The van der Waals surface area contributed by atoms with Crippen LogP contribution in [0, 0.1) is 20.2 Å². The number of amides is 1. The summed E-state index contributed by atoms with van der Waals surface area (Å²) in [6, 6.07) is 8.81. The molecule has 148 valence electrons. The van der Waals surface area contributed by atoms with Gasteiger partial charge in [-0.3, -0.25) is 35.9 Å². The van der Waals surface area contributed by atoms with Gasteiger partial charge in [0.1, 0.15) is 22.6 Å². The van der Waals surface area contributed by atoms with Gasteiger partial charge in [0.15, 0.2) is 0 Å². The summed E-state index contributed by atoms with van der Waals surface area (Å²) in [7, 11) is 1.45. The van der Waals surface area contributed by atoms with Gasteiger partial charge in [-0.2, -0.15) is 0 Å². The van der Waals surface area contributed by atoms with E-state index in [1.807, 2.05) is 0 Å². The molecule has 3 rings (SSSR count). The minimum absolute atomic E-state index is 0.205. The summed E-state index contributed by atoms with van der Waals surface area (Å²) in [4.78, 5) is 44.7. The number of nitro groups is 2. The number of anilines is 1. The number of nitrogens with zero attached hydrogens (tertiary/aromatic N) is 2. The zero-order valence-electron chi connectivity index (χ0n) is 14.7. The van der Waals surface area contributed by atoms with Crippen molar-refractivity contribution in [2.75, 3.05) is 12.5 Å². The zero-order valence-corrected chi connectivity index (χ0v) is 14.7. The lowest BCUT2D eigenvalue weighted by molar-refractivity contribution is -0.393. The van der Waals surface area contributed by atoms with Crippen LogP contribution in [0.15, 0.2) is 51.7 Å². The number of rotatable bonds is 6. The van der Waals surface area contributed by atoms with E-state index in [0.717, 1.165) is 18.2 Å². The van der Waals surface area contributed by atoms with Crippen LogP contribution in [0.3, 0.4) is 0 Å². The molecule has 0 atom stereocenters. The summed E-state index contributed by atoms with van der Waals surface area (Å²) >= 11 is 0. The normalized spacial score (nSPS) is 10.4. The van der Waals surface area contributed by atoms with Gasteiger partial charge >= 0.3 is 11.3 Å². The molecular formula is C17H12N4O8. The van der Waals surface area contributed by atoms with E-state index in [1.165, 1.54) is 19.2 Å². The van der Waals surface area contributed by atoms with Crippen LogP contribution < -0.4 is 21.2 Å². The van der Waals surface area contributed by atoms with Gasteiger partial charge in [0.25, 0.3) is 11.6 Å². The SMILES string of the molecule is COc1ccc2cc(C(=O)NNc3ccc([N+](=O)[O-])cc3[N+](=O)[O-])c(=O)oc2c1. The van der Waals surface area contributed by atoms with Crippen LogP contribution in [0.1, 0.15) is 10.4 Å². The molecule has 12 nitrogen and oxygen atoms in total. The molecule has 0 fully saturated rings. The van der Waals surface area contributed by atoms with Crippen molar-refractivity contribution >= 4 is 33.9 Å². The van der Waals surface area contributed by atoms with Crippen molar-refractivity contribution in [2.45, 2.75) is 0 Å². The lowest BCUT2D eigenvalue weighted by atomic mass is 10.1. The number of ether oxygens (including phenoxy) is 1. The quantitative estimate of drug-likeness (QED) is 0.358. The molecule has 29 heavy (non-hydrogen) atoms. The molecule has 3 aromatic rings. The predicted molar refractivity (Wildman–Crippen MR) is 99.9 cm³/mol. The first-order chi connectivity index (χ1) is 13.8. The van der Waals surface area contributed by atoms with Gasteiger partial charge in [0.05, 0.1) is 23.0 Å². The molecule has 0 radical (unpaired) electrons. The predicted octanol–water partition coefficient (Wildman–Crippen LogP) is 2.37. The number of benzene rings is 2. The third-order valence-corrected chi connectivity index (χ3v) is 3.89. The lowest BCUT2D eigenvalue weighted by Crippen LogP contribution is -2.33. The molecule has 12 heteroatoms.